The molecule has 1 N–H and O–H groups in total. The van der Waals surface area contributed by atoms with Crippen LogP contribution in [0.2, 0.25) is 0 Å². The average molecular weight is 435 g/mol. The van der Waals surface area contributed by atoms with E-state index >= 15 is 0 Å². The molecule has 6 nitrogen and oxygen atoms in total. The molecule has 0 aliphatic carbocycles. The third-order valence-corrected chi connectivity index (χ3v) is 5.33. The van der Waals surface area contributed by atoms with Gasteiger partial charge in [0.2, 0.25) is 11.5 Å². The zero-order chi connectivity index (χ0) is 23.0. The molecule has 0 saturated heterocycles. The van der Waals surface area contributed by atoms with Crippen LogP contribution in [0.5, 0.6) is 0 Å². The van der Waals surface area contributed by atoms with Crippen molar-refractivity contribution < 1.29 is 19.2 Å². The first-order chi connectivity index (χ1) is 15.4. The minimum Gasteiger partial charge on any atom is -0.463 e. The summed E-state index contributed by atoms with van der Waals surface area (Å²) >= 11 is 0. The summed E-state index contributed by atoms with van der Waals surface area (Å²) in [5.41, 5.74) is 1.29. The first-order valence-electron chi connectivity index (χ1n) is 10.9. The molecule has 0 saturated carbocycles. The van der Waals surface area contributed by atoms with Crippen molar-refractivity contribution in [3.05, 3.63) is 77.9 Å². The van der Waals surface area contributed by atoms with Crippen molar-refractivity contribution in [1.82, 2.24) is 5.32 Å². The highest BCUT2D eigenvalue weighted by Crippen LogP contribution is 2.32. The van der Waals surface area contributed by atoms with Crippen LogP contribution >= 0.6 is 0 Å². The van der Waals surface area contributed by atoms with Crippen LogP contribution in [0.3, 0.4) is 0 Å². The Morgan fingerprint density at radius 3 is 2.41 bits per heavy atom. The molecule has 2 aromatic rings. The lowest BCUT2D eigenvalue weighted by atomic mass is 9.85. The van der Waals surface area contributed by atoms with Gasteiger partial charge in [-0.2, -0.15) is 0 Å². The molecule has 1 heterocycles. The summed E-state index contributed by atoms with van der Waals surface area (Å²) in [6, 6.07) is 18.9. The predicted octanol–water partition coefficient (Wildman–Crippen LogP) is 4.16. The third-order valence-electron chi connectivity index (χ3n) is 5.33. The van der Waals surface area contributed by atoms with E-state index in [0.29, 0.717) is 12.1 Å². The Kier molecular flexibility index (Phi) is 7.82. The van der Waals surface area contributed by atoms with Gasteiger partial charge in [-0.15, -0.1) is 0 Å². The number of carbonyl (C=O) groups is 2. The fraction of sp³-hybridized carbons (Fsp3) is 0.346. The molecule has 1 unspecified atom stereocenters. The standard InChI is InChI=1S/C26H30N2O4/c1-4-31-25(30)26(17-21-13-9-6-10-14-21)18-22(28-32-26)24(19(2)3)27-23(29)16-15-20-11-7-5-8-12-20/h5-16,19,24H,4,17-18H2,1-3H3,(H,27,29)/b16-15+/t24-,26?/m0/s1. The van der Waals surface area contributed by atoms with Crippen molar-refractivity contribution in [2.24, 2.45) is 11.1 Å². The fourth-order valence-corrected chi connectivity index (χ4v) is 3.71. The molecule has 32 heavy (non-hydrogen) atoms. The number of nitrogens with one attached hydrogen (secondary N) is 1. The van der Waals surface area contributed by atoms with Crippen LogP contribution in [-0.2, 0) is 25.6 Å². The molecule has 0 radical (unpaired) electrons. The van der Waals surface area contributed by atoms with Gasteiger partial charge in [-0.05, 0) is 30.0 Å². The third kappa shape index (κ3) is 5.84. The monoisotopic (exact) mass is 434 g/mol. The van der Waals surface area contributed by atoms with E-state index < -0.39 is 11.6 Å². The van der Waals surface area contributed by atoms with Crippen molar-refractivity contribution in [1.29, 1.82) is 0 Å². The minimum absolute atomic E-state index is 0.0566. The molecule has 2 atom stereocenters. The minimum atomic E-state index is -1.23. The highest BCUT2D eigenvalue weighted by atomic mass is 16.7. The molecule has 3 rings (SSSR count). The topological polar surface area (TPSA) is 77.0 Å². The maximum absolute atomic E-state index is 12.9. The van der Waals surface area contributed by atoms with Crippen LogP contribution in [0.4, 0.5) is 0 Å². The van der Waals surface area contributed by atoms with Gasteiger partial charge in [-0.25, -0.2) is 4.79 Å². The predicted molar refractivity (Wildman–Crippen MR) is 125 cm³/mol. The summed E-state index contributed by atoms with van der Waals surface area (Å²) in [4.78, 5) is 31.2. The second-order valence-corrected chi connectivity index (χ2v) is 8.20. The molecule has 0 spiro atoms. The Morgan fingerprint density at radius 2 is 1.78 bits per heavy atom. The highest BCUT2D eigenvalue weighted by molar-refractivity contribution is 6.01. The molecule has 0 fully saturated rings. The zero-order valence-corrected chi connectivity index (χ0v) is 18.8. The van der Waals surface area contributed by atoms with Crippen LogP contribution < -0.4 is 5.32 Å². The van der Waals surface area contributed by atoms with E-state index in [-0.39, 0.29) is 30.9 Å². The van der Waals surface area contributed by atoms with Crippen molar-refractivity contribution in [2.75, 3.05) is 6.61 Å². The molecule has 168 valence electrons. The number of esters is 1. The van der Waals surface area contributed by atoms with Gasteiger partial charge >= 0.3 is 5.97 Å². The molecule has 0 bridgehead atoms. The maximum Gasteiger partial charge on any atom is 0.354 e. The van der Waals surface area contributed by atoms with Gasteiger partial charge in [0.05, 0.1) is 18.4 Å². The largest absolute Gasteiger partial charge is 0.463 e. The lowest BCUT2D eigenvalue weighted by Gasteiger charge is -2.26. The summed E-state index contributed by atoms with van der Waals surface area (Å²) in [6.45, 7) is 6.01. The van der Waals surface area contributed by atoms with E-state index in [9.17, 15) is 9.59 Å². The molecule has 1 amide bonds. The van der Waals surface area contributed by atoms with Gasteiger partial charge in [0.25, 0.3) is 0 Å². The molecule has 0 aromatic heterocycles. The number of oxime groups is 1. The first kappa shape index (κ1) is 23.3. The van der Waals surface area contributed by atoms with E-state index in [0.717, 1.165) is 11.1 Å². The maximum atomic E-state index is 12.9. The van der Waals surface area contributed by atoms with Gasteiger partial charge < -0.3 is 14.9 Å². The number of ether oxygens (including phenoxy) is 1. The SMILES string of the molecule is CCOC(=O)C1(Cc2ccccc2)CC([C@@H](NC(=O)/C=C/c2ccccc2)C(C)C)=NO1. The number of rotatable bonds is 9. The Hall–Kier alpha value is -3.41. The van der Waals surface area contributed by atoms with Gasteiger partial charge in [-0.1, -0.05) is 79.7 Å². The number of nitrogens with zero attached hydrogens (tertiary/aromatic N) is 1. The van der Waals surface area contributed by atoms with Crippen LogP contribution in [-0.4, -0.2) is 35.8 Å². The Labute approximate surface area is 189 Å². The normalized spacial score (nSPS) is 18.8. The van der Waals surface area contributed by atoms with Crippen LogP contribution in [0.25, 0.3) is 6.08 Å². The Morgan fingerprint density at radius 1 is 1.12 bits per heavy atom. The lowest BCUT2D eigenvalue weighted by molar-refractivity contribution is -0.168. The lowest BCUT2D eigenvalue weighted by Crippen LogP contribution is -2.47. The molecule has 2 aromatic carbocycles. The fourth-order valence-electron chi connectivity index (χ4n) is 3.71. The van der Waals surface area contributed by atoms with E-state index in [1.807, 2.05) is 74.5 Å². The molecule has 1 aliphatic heterocycles. The van der Waals surface area contributed by atoms with Gasteiger partial charge in [0, 0.05) is 18.9 Å². The number of hydrogen-bond donors (Lipinski definition) is 1. The van der Waals surface area contributed by atoms with Crippen LogP contribution in [0, 0.1) is 5.92 Å². The van der Waals surface area contributed by atoms with Gasteiger partial charge in [-0.3, -0.25) is 4.79 Å². The molecule has 6 heteroatoms. The molecular formula is C26H30N2O4. The van der Waals surface area contributed by atoms with Gasteiger partial charge in [0.15, 0.2) is 0 Å². The van der Waals surface area contributed by atoms with Crippen molar-refractivity contribution in [3.8, 4) is 0 Å². The highest BCUT2D eigenvalue weighted by Gasteiger charge is 2.49. The van der Waals surface area contributed by atoms with Crippen molar-refractivity contribution in [3.63, 3.8) is 0 Å². The summed E-state index contributed by atoms with van der Waals surface area (Å²) in [7, 11) is 0. The zero-order valence-electron chi connectivity index (χ0n) is 18.8. The van der Waals surface area contributed by atoms with Crippen molar-refractivity contribution in [2.45, 2.75) is 45.3 Å². The second kappa shape index (κ2) is 10.8. The van der Waals surface area contributed by atoms with Crippen molar-refractivity contribution >= 4 is 23.7 Å². The number of benzene rings is 2. The first-order valence-corrected chi connectivity index (χ1v) is 10.9. The summed E-state index contributed by atoms with van der Waals surface area (Å²) in [5.74, 6) is -0.617. The second-order valence-electron chi connectivity index (χ2n) is 8.20. The number of hydrogen-bond acceptors (Lipinski definition) is 5. The quantitative estimate of drug-likeness (QED) is 0.475. The van der Waals surface area contributed by atoms with E-state index in [2.05, 4.69) is 10.5 Å². The molecule has 1 aliphatic rings. The van der Waals surface area contributed by atoms with Gasteiger partial charge in [0.1, 0.15) is 0 Å². The molecular weight excluding hydrogens is 404 g/mol. The van der Waals surface area contributed by atoms with Crippen LogP contribution in [0.15, 0.2) is 71.9 Å². The van der Waals surface area contributed by atoms with E-state index in [1.54, 1.807) is 13.0 Å². The Bertz CT molecular complexity index is 970. The summed E-state index contributed by atoms with van der Waals surface area (Å²) in [5, 5.41) is 7.27. The smallest absolute Gasteiger partial charge is 0.354 e. The van der Waals surface area contributed by atoms with Crippen LogP contribution in [0.1, 0.15) is 38.3 Å². The summed E-state index contributed by atoms with van der Waals surface area (Å²) in [6.07, 6.45) is 3.86. The summed E-state index contributed by atoms with van der Waals surface area (Å²) < 4.78 is 5.32. The number of amides is 1. The van der Waals surface area contributed by atoms with E-state index in [4.69, 9.17) is 9.57 Å². The average Bonchev–Trinajstić information content (AvgIpc) is 3.22. The van der Waals surface area contributed by atoms with E-state index in [1.165, 1.54) is 6.08 Å². The Balaban J connectivity index is 1.74. The number of carbonyl (C=O) groups excluding carboxylic acids is 2.